The number of nitrogens with one attached hydrogen (secondary N) is 1. The Bertz CT molecular complexity index is 784. The Hall–Kier alpha value is -2.96. The van der Waals surface area contributed by atoms with Gasteiger partial charge in [0.05, 0.1) is 5.56 Å². The molecule has 1 aromatic heterocycles. The Labute approximate surface area is 138 Å². The van der Waals surface area contributed by atoms with Crippen molar-refractivity contribution in [2.75, 3.05) is 5.32 Å². The highest BCUT2D eigenvalue weighted by molar-refractivity contribution is 5.96. The highest BCUT2D eigenvalue weighted by atomic mass is 19.1. The summed E-state index contributed by atoms with van der Waals surface area (Å²) in [5, 5.41) is 11.6. The van der Waals surface area contributed by atoms with Gasteiger partial charge in [-0.3, -0.25) is 10.3 Å². The van der Waals surface area contributed by atoms with E-state index in [9.17, 15) is 14.0 Å². The fourth-order valence-corrected chi connectivity index (χ4v) is 2.03. The Morgan fingerprint density at radius 3 is 2.50 bits per heavy atom. The van der Waals surface area contributed by atoms with Crippen molar-refractivity contribution in [3.63, 3.8) is 0 Å². The predicted octanol–water partition coefficient (Wildman–Crippen LogP) is 3.93. The lowest BCUT2D eigenvalue weighted by Gasteiger charge is -2.19. The number of carboxylic acid groups (broad SMARTS) is 1. The van der Waals surface area contributed by atoms with E-state index in [0.717, 1.165) is 12.3 Å². The van der Waals surface area contributed by atoms with Crippen LogP contribution < -0.4 is 5.32 Å². The average Bonchev–Trinajstić information content (AvgIpc) is 2.45. The van der Waals surface area contributed by atoms with E-state index in [0.29, 0.717) is 0 Å². The first-order valence-electron chi connectivity index (χ1n) is 7.14. The second kappa shape index (κ2) is 6.66. The molecule has 0 saturated heterocycles. The summed E-state index contributed by atoms with van der Waals surface area (Å²) in [6.45, 7) is 5.15. The summed E-state index contributed by atoms with van der Waals surface area (Å²) in [4.78, 5) is 26.6. The number of aromatic nitrogens is 1. The van der Waals surface area contributed by atoms with Crippen LogP contribution in [0.2, 0.25) is 0 Å². The van der Waals surface area contributed by atoms with Gasteiger partial charge >= 0.3 is 12.1 Å². The number of pyridine rings is 1. The van der Waals surface area contributed by atoms with E-state index < -0.39 is 23.5 Å². The molecule has 0 aliphatic rings. The lowest BCUT2D eigenvalue weighted by molar-refractivity contribution is 0.0634. The number of nitrogens with zero attached hydrogens (tertiary/aromatic N) is 1. The summed E-state index contributed by atoms with van der Waals surface area (Å²) >= 11 is 0. The molecule has 0 unspecified atom stereocenters. The number of halogens is 1. The number of carboxylic acids is 1. The van der Waals surface area contributed by atoms with E-state index in [4.69, 9.17) is 9.84 Å². The van der Waals surface area contributed by atoms with Gasteiger partial charge in [0, 0.05) is 29.2 Å². The van der Waals surface area contributed by atoms with Gasteiger partial charge in [-0.15, -0.1) is 0 Å². The van der Waals surface area contributed by atoms with Crippen molar-refractivity contribution in [1.29, 1.82) is 0 Å². The molecule has 1 amide bonds. The standard InChI is InChI=1S/C17H17FN2O4/c1-17(2,3)24-16(23)20-10-4-5-12(14(18)8-10)11-6-7-19-9-13(11)15(21)22/h4-9H,1-3H3,(H,20,23)(H,21,22). The fraction of sp³-hybridized carbons (Fsp3) is 0.235. The van der Waals surface area contributed by atoms with Crippen LogP contribution in [-0.2, 0) is 4.74 Å². The molecule has 6 nitrogen and oxygen atoms in total. The molecule has 0 saturated carbocycles. The number of aromatic carboxylic acids is 1. The van der Waals surface area contributed by atoms with Crippen LogP contribution in [0, 0.1) is 5.82 Å². The third kappa shape index (κ3) is 4.28. The molecule has 0 spiro atoms. The maximum atomic E-state index is 14.4. The van der Waals surface area contributed by atoms with Crippen LogP contribution >= 0.6 is 0 Å². The molecule has 24 heavy (non-hydrogen) atoms. The monoisotopic (exact) mass is 332 g/mol. The fourth-order valence-electron chi connectivity index (χ4n) is 2.03. The van der Waals surface area contributed by atoms with Crippen LogP contribution in [0.3, 0.4) is 0 Å². The molecule has 0 bridgehead atoms. The third-order valence-electron chi connectivity index (χ3n) is 2.96. The van der Waals surface area contributed by atoms with Gasteiger partial charge in [-0.25, -0.2) is 14.0 Å². The van der Waals surface area contributed by atoms with Gasteiger partial charge in [0.25, 0.3) is 0 Å². The van der Waals surface area contributed by atoms with E-state index in [2.05, 4.69) is 10.3 Å². The number of hydrogen-bond acceptors (Lipinski definition) is 4. The zero-order chi connectivity index (χ0) is 17.9. The molecule has 0 radical (unpaired) electrons. The zero-order valence-corrected chi connectivity index (χ0v) is 13.5. The lowest BCUT2D eigenvalue weighted by atomic mass is 10.0. The molecule has 1 heterocycles. The van der Waals surface area contributed by atoms with E-state index in [-0.39, 0.29) is 22.4 Å². The van der Waals surface area contributed by atoms with Gasteiger partial charge in [-0.2, -0.15) is 0 Å². The van der Waals surface area contributed by atoms with Crippen molar-refractivity contribution in [1.82, 2.24) is 4.98 Å². The first-order valence-corrected chi connectivity index (χ1v) is 7.14. The number of benzene rings is 1. The molecule has 0 fully saturated rings. The third-order valence-corrected chi connectivity index (χ3v) is 2.96. The molecule has 0 aliphatic heterocycles. The molecule has 0 aliphatic carbocycles. The molecular formula is C17H17FN2O4. The minimum atomic E-state index is -1.20. The lowest BCUT2D eigenvalue weighted by Crippen LogP contribution is -2.27. The van der Waals surface area contributed by atoms with Gasteiger partial charge in [-0.1, -0.05) is 0 Å². The number of anilines is 1. The normalized spacial score (nSPS) is 11.0. The van der Waals surface area contributed by atoms with Crippen LogP contribution in [0.4, 0.5) is 14.9 Å². The molecule has 2 rings (SSSR count). The largest absolute Gasteiger partial charge is 0.478 e. The van der Waals surface area contributed by atoms with Crippen LogP contribution in [0.5, 0.6) is 0 Å². The Morgan fingerprint density at radius 2 is 1.92 bits per heavy atom. The quantitative estimate of drug-likeness (QED) is 0.889. The number of ether oxygens (including phenoxy) is 1. The zero-order valence-electron chi connectivity index (χ0n) is 13.5. The second-order valence-electron chi connectivity index (χ2n) is 6.05. The minimum Gasteiger partial charge on any atom is -0.478 e. The van der Waals surface area contributed by atoms with E-state index in [1.165, 1.54) is 24.4 Å². The Kier molecular flexibility index (Phi) is 4.82. The van der Waals surface area contributed by atoms with Crippen molar-refractivity contribution in [2.45, 2.75) is 26.4 Å². The van der Waals surface area contributed by atoms with Crippen molar-refractivity contribution in [3.8, 4) is 11.1 Å². The van der Waals surface area contributed by atoms with Gasteiger partial charge in [-0.05, 0) is 45.0 Å². The van der Waals surface area contributed by atoms with Crippen LogP contribution in [-0.4, -0.2) is 27.8 Å². The van der Waals surface area contributed by atoms with Gasteiger partial charge in [0.2, 0.25) is 0 Å². The summed E-state index contributed by atoms with van der Waals surface area (Å²) in [7, 11) is 0. The molecular weight excluding hydrogens is 315 g/mol. The highest BCUT2D eigenvalue weighted by Gasteiger charge is 2.18. The number of carbonyl (C=O) groups excluding carboxylic acids is 1. The summed E-state index contributed by atoms with van der Waals surface area (Å²) in [6, 6.07) is 5.38. The maximum absolute atomic E-state index is 14.4. The summed E-state index contributed by atoms with van der Waals surface area (Å²) in [6.07, 6.45) is 1.84. The molecule has 2 aromatic rings. The number of rotatable bonds is 3. The topological polar surface area (TPSA) is 88.5 Å². The van der Waals surface area contributed by atoms with Crippen molar-refractivity contribution >= 4 is 17.7 Å². The minimum absolute atomic E-state index is 0.101. The molecule has 7 heteroatoms. The molecule has 2 N–H and O–H groups in total. The summed E-state index contributed by atoms with van der Waals surface area (Å²) in [5.41, 5.74) is -0.264. The second-order valence-corrected chi connectivity index (χ2v) is 6.05. The summed E-state index contributed by atoms with van der Waals surface area (Å²) < 4.78 is 19.5. The van der Waals surface area contributed by atoms with Gasteiger partial charge in [0.15, 0.2) is 0 Å². The Balaban J connectivity index is 2.28. The average molecular weight is 332 g/mol. The van der Waals surface area contributed by atoms with Crippen molar-refractivity contribution < 1.29 is 23.8 Å². The number of hydrogen-bond donors (Lipinski definition) is 2. The molecule has 0 atom stereocenters. The smallest absolute Gasteiger partial charge is 0.412 e. The summed E-state index contributed by atoms with van der Waals surface area (Å²) in [5.74, 6) is -1.87. The molecule has 1 aromatic carbocycles. The van der Waals surface area contributed by atoms with Gasteiger partial charge in [0.1, 0.15) is 11.4 Å². The van der Waals surface area contributed by atoms with E-state index in [1.54, 1.807) is 20.8 Å². The van der Waals surface area contributed by atoms with Crippen molar-refractivity contribution in [2.24, 2.45) is 0 Å². The SMILES string of the molecule is CC(C)(C)OC(=O)Nc1ccc(-c2ccncc2C(=O)O)c(F)c1. The first kappa shape index (κ1) is 17.4. The maximum Gasteiger partial charge on any atom is 0.412 e. The van der Waals surface area contributed by atoms with Crippen LogP contribution in [0.1, 0.15) is 31.1 Å². The van der Waals surface area contributed by atoms with E-state index >= 15 is 0 Å². The Morgan fingerprint density at radius 1 is 1.21 bits per heavy atom. The number of amides is 1. The predicted molar refractivity (Wildman–Crippen MR) is 86.4 cm³/mol. The highest BCUT2D eigenvalue weighted by Crippen LogP contribution is 2.28. The molecule has 126 valence electrons. The number of carbonyl (C=O) groups is 2. The van der Waals surface area contributed by atoms with Crippen LogP contribution in [0.25, 0.3) is 11.1 Å². The van der Waals surface area contributed by atoms with Crippen LogP contribution in [0.15, 0.2) is 36.7 Å². The first-order chi connectivity index (χ1) is 11.2. The van der Waals surface area contributed by atoms with E-state index in [1.807, 2.05) is 0 Å². The van der Waals surface area contributed by atoms with Crippen molar-refractivity contribution in [3.05, 3.63) is 48.0 Å². The van der Waals surface area contributed by atoms with Gasteiger partial charge < -0.3 is 9.84 Å².